The summed E-state index contributed by atoms with van der Waals surface area (Å²) >= 11 is 0. The van der Waals surface area contributed by atoms with Gasteiger partial charge in [0.15, 0.2) is 5.82 Å². The number of aromatic nitrogens is 5. The maximum absolute atomic E-state index is 13.4. The van der Waals surface area contributed by atoms with E-state index in [1.807, 2.05) is 36.4 Å². The molecule has 0 aliphatic carbocycles. The molecule has 2 aromatic carbocycles. The summed E-state index contributed by atoms with van der Waals surface area (Å²) in [6.45, 7) is 0.624. The fourth-order valence-corrected chi connectivity index (χ4v) is 3.29. The zero-order valence-corrected chi connectivity index (χ0v) is 15.4. The van der Waals surface area contributed by atoms with Crippen LogP contribution in [0.5, 0.6) is 0 Å². The summed E-state index contributed by atoms with van der Waals surface area (Å²) in [4.78, 5) is 21.1. The van der Waals surface area contributed by atoms with Crippen molar-refractivity contribution < 1.29 is 4.39 Å². The van der Waals surface area contributed by atoms with E-state index in [1.165, 1.54) is 12.1 Å². The summed E-state index contributed by atoms with van der Waals surface area (Å²) in [5.74, 6) is 1.94. The van der Waals surface area contributed by atoms with Crippen LogP contribution in [0.4, 0.5) is 10.2 Å². The van der Waals surface area contributed by atoms with Crippen LogP contribution in [-0.2, 0) is 6.42 Å². The minimum absolute atomic E-state index is 0.276. The number of fused-ring (bicyclic) bond motifs is 2. The number of aromatic amines is 1. The van der Waals surface area contributed by atoms with Crippen molar-refractivity contribution in [3.05, 3.63) is 78.6 Å². The molecule has 0 amide bonds. The van der Waals surface area contributed by atoms with E-state index in [2.05, 4.69) is 25.3 Å². The number of hydrogen-bond acceptors (Lipinski definition) is 5. The normalized spacial score (nSPS) is 11.2. The van der Waals surface area contributed by atoms with E-state index in [0.717, 1.165) is 33.6 Å². The second kappa shape index (κ2) is 7.27. The Balaban J connectivity index is 1.41. The van der Waals surface area contributed by atoms with Crippen LogP contribution in [0.25, 0.3) is 33.3 Å². The third kappa shape index (κ3) is 3.50. The van der Waals surface area contributed by atoms with E-state index in [9.17, 15) is 4.39 Å². The van der Waals surface area contributed by atoms with Crippen LogP contribution in [-0.4, -0.2) is 31.5 Å². The molecule has 0 bridgehead atoms. The van der Waals surface area contributed by atoms with Crippen LogP contribution in [0.15, 0.2) is 67.0 Å². The number of H-pyrrole nitrogens is 1. The lowest BCUT2D eigenvalue weighted by Gasteiger charge is -2.10. The molecule has 0 radical (unpaired) electrons. The second-order valence-corrected chi connectivity index (χ2v) is 6.67. The summed E-state index contributed by atoms with van der Waals surface area (Å²) in [5, 5.41) is 4.36. The molecule has 0 saturated carbocycles. The van der Waals surface area contributed by atoms with Crippen LogP contribution in [0.3, 0.4) is 0 Å². The Bertz CT molecular complexity index is 1300. The largest absolute Gasteiger partial charge is 0.369 e. The van der Waals surface area contributed by atoms with Crippen LogP contribution >= 0.6 is 0 Å². The van der Waals surface area contributed by atoms with Crippen molar-refractivity contribution in [1.29, 1.82) is 0 Å². The molecular formula is C22H17FN6. The first-order valence-corrected chi connectivity index (χ1v) is 9.31. The molecule has 6 nitrogen and oxygen atoms in total. The maximum atomic E-state index is 13.4. The molecule has 3 heterocycles. The van der Waals surface area contributed by atoms with Crippen molar-refractivity contribution in [2.75, 3.05) is 11.9 Å². The molecular weight excluding hydrogens is 367 g/mol. The van der Waals surface area contributed by atoms with E-state index in [1.54, 1.807) is 18.5 Å². The Kier molecular flexibility index (Phi) is 4.32. The highest BCUT2D eigenvalue weighted by molar-refractivity contribution is 5.90. The Labute approximate surface area is 165 Å². The molecule has 29 heavy (non-hydrogen) atoms. The lowest BCUT2D eigenvalue weighted by Crippen LogP contribution is -2.09. The first kappa shape index (κ1) is 17.2. The fraction of sp³-hybridized carbons (Fsp3) is 0.0909. The van der Waals surface area contributed by atoms with Crippen molar-refractivity contribution in [1.82, 2.24) is 24.9 Å². The lowest BCUT2D eigenvalue weighted by molar-refractivity contribution is 0.629. The van der Waals surface area contributed by atoms with Gasteiger partial charge in [0, 0.05) is 36.3 Å². The molecule has 3 aromatic heterocycles. The highest BCUT2D eigenvalue weighted by Gasteiger charge is 2.10. The Morgan fingerprint density at radius 2 is 1.76 bits per heavy atom. The van der Waals surface area contributed by atoms with Crippen LogP contribution in [0.2, 0.25) is 0 Å². The van der Waals surface area contributed by atoms with Gasteiger partial charge in [-0.1, -0.05) is 12.1 Å². The number of nitrogens with zero attached hydrogens (tertiary/aromatic N) is 4. The average molecular weight is 384 g/mol. The number of para-hydroxylation sites is 1. The van der Waals surface area contributed by atoms with Crippen molar-refractivity contribution >= 4 is 27.8 Å². The standard InChI is InChI=1S/C22H17FN6/c23-15-5-6-18-19(13-15)27-20(26-18)9-12-25-22-16-3-1-2-4-17(16)28-21(29-22)14-7-10-24-11-8-14/h1-8,10-11,13H,9,12H2,(H,26,27)(H,25,28,29). The molecule has 5 rings (SSSR count). The maximum Gasteiger partial charge on any atom is 0.162 e. The molecule has 0 aliphatic heterocycles. The van der Waals surface area contributed by atoms with E-state index >= 15 is 0 Å². The SMILES string of the molecule is Fc1ccc2nc(CCNc3nc(-c4ccncc4)nc4ccccc34)[nH]c2c1. The first-order chi connectivity index (χ1) is 14.3. The van der Waals surface area contributed by atoms with Crippen molar-refractivity contribution in [2.45, 2.75) is 6.42 Å². The molecule has 0 aliphatic rings. The van der Waals surface area contributed by atoms with Gasteiger partial charge in [-0.15, -0.1) is 0 Å². The monoisotopic (exact) mass is 384 g/mol. The van der Waals surface area contributed by atoms with Gasteiger partial charge in [0.2, 0.25) is 0 Å². The van der Waals surface area contributed by atoms with Crippen molar-refractivity contribution in [3.63, 3.8) is 0 Å². The molecule has 142 valence electrons. The first-order valence-electron chi connectivity index (χ1n) is 9.31. The van der Waals surface area contributed by atoms with Gasteiger partial charge in [-0.3, -0.25) is 4.98 Å². The number of anilines is 1. The number of imidazole rings is 1. The topological polar surface area (TPSA) is 79.4 Å². The number of halogens is 1. The molecule has 5 aromatic rings. The summed E-state index contributed by atoms with van der Waals surface area (Å²) < 4.78 is 13.4. The summed E-state index contributed by atoms with van der Waals surface area (Å²) in [6.07, 6.45) is 4.11. The van der Waals surface area contributed by atoms with E-state index in [-0.39, 0.29) is 5.82 Å². The van der Waals surface area contributed by atoms with Crippen molar-refractivity contribution in [2.24, 2.45) is 0 Å². The lowest BCUT2D eigenvalue weighted by atomic mass is 10.2. The predicted octanol–water partition coefficient (Wildman–Crippen LogP) is 4.36. The Morgan fingerprint density at radius 3 is 2.66 bits per heavy atom. The molecule has 0 spiro atoms. The molecule has 2 N–H and O–H groups in total. The summed E-state index contributed by atoms with van der Waals surface area (Å²) in [6, 6.07) is 16.2. The Morgan fingerprint density at radius 1 is 0.897 bits per heavy atom. The number of pyridine rings is 1. The molecule has 0 fully saturated rings. The highest BCUT2D eigenvalue weighted by atomic mass is 19.1. The van der Waals surface area contributed by atoms with Crippen LogP contribution < -0.4 is 5.32 Å². The van der Waals surface area contributed by atoms with Gasteiger partial charge in [-0.25, -0.2) is 19.3 Å². The van der Waals surface area contributed by atoms with Gasteiger partial charge in [-0.05, 0) is 42.5 Å². The molecule has 0 saturated heterocycles. The van der Waals surface area contributed by atoms with Crippen LogP contribution in [0.1, 0.15) is 5.82 Å². The van der Waals surface area contributed by atoms with Gasteiger partial charge >= 0.3 is 0 Å². The third-order valence-electron chi connectivity index (χ3n) is 4.69. The minimum atomic E-state index is -0.276. The minimum Gasteiger partial charge on any atom is -0.369 e. The fourth-order valence-electron chi connectivity index (χ4n) is 3.29. The van der Waals surface area contributed by atoms with Gasteiger partial charge in [0.25, 0.3) is 0 Å². The summed E-state index contributed by atoms with van der Waals surface area (Å²) in [7, 11) is 0. The summed E-state index contributed by atoms with van der Waals surface area (Å²) in [5.41, 5.74) is 3.24. The van der Waals surface area contributed by atoms with E-state index in [4.69, 9.17) is 4.98 Å². The van der Waals surface area contributed by atoms with E-state index in [0.29, 0.717) is 24.3 Å². The van der Waals surface area contributed by atoms with Gasteiger partial charge in [0.05, 0.1) is 16.6 Å². The Hall–Kier alpha value is -3.87. The molecule has 7 heteroatoms. The highest BCUT2D eigenvalue weighted by Crippen LogP contribution is 2.24. The zero-order chi connectivity index (χ0) is 19.6. The number of rotatable bonds is 5. The van der Waals surface area contributed by atoms with Crippen LogP contribution in [0, 0.1) is 5.82 Å². The number of benzene rings is 2. The zero-order valence-electron chi connectivity index (χ0n) is 15.4. The predicted molar refractivity (Wildman–Crippen MR) is 111 cm³/mol. The molecule has 0 atom stereocenters. The smallest absolute Gasteiger partial charge is 0.162 e. The number of nitrogens with one attached hydrogen (secondary N) is 2. The second-order valence-electron chi connectivity index (χ2n) is 6.67. The molecule has 0 unspecified atom stereocenters. The quantitative estimate of drug-likeness (QED) is 0.471. The third-order valence-corrected chi connectivity index (χ3v) is 4.69. The number of hydrogen-bond donors (Lipinski definition) is 2. The van der Waals surface area contributed by atoms with Gasteiger partial charge in [0.1, 0.15) is 17.5 Å². The van der Waals surface area contributed by atoms with Gasteiger partial charge in [-0.2, -0.15) is 0 Å². The van der Waals surface area contributed by atoms with E-state index < -0.39 is 0 Å². The van der Waals surface area contributed by atoms with Crippen molar-refractivity contribution in [3.8, 4) is 11.4 Å². The van der Waals surface area contributed by atoms with Gasteiger partial charge < -0.3 is 10.3 Å². The average Bonchev–Trinajstić information content (AvgIpc) is 3.16.